The van der Waals surface area contributed by atoms with E-state index in [1.54, 1.807) is 30.0 Å². The fraction of sp³-hybridized carbons (Fsp3) is 0.409. The molecule has 1 atom stereocenters. The third kappa shape index (κ3) is 4.53. The van der Waals surface area contributed by atoms with Gasteiger partial charge in [0.2, 0.25) is 6.79 Å². The Morgan fingerprint density at radius 1 is 1.10 bits per heavy atom. The molecule has 1 saturated heterocycles. The number of rotatable bonds is 6. The highest BCUT2D eigenvalue weighted by Gasteiger charge is 2.33. The van der Waals surface area contributed by atoms with E-state index in [4.69, 9.17) is 14.2 Å². The molecule has 2 heterocycles. The Balaban J connectivity index is 1.31. The van der Waals surface area contributed by atoms with Gasteiger partial charge < -0.3 is 19.1 Å². The minimum atomic E-state index is -3.26. The molecule has 0 aliphatic carbocycles. The van der Waals surface area contributed by atoms with E-state index in [9.17, 15) is 13.2 Å². The van der Waals surface area contributed by atoms with Crippen molar-refractivity contribution in [1.29, 1.82) is 0 Å². The number of carbonyl (C=O) groups excluding carboxylic acids is 1. The fourth-order valence-corrected chi connectivity index (χ4v) is 5.64. The average Bonchev–Trinajstić information content (AvgIpc) is 3.21. The number of hydrogen-bond acceptors (Lipinski definition) is 6. The number of sulfone groups is 1. The van der Waals surface area contributed by atoms with Crippen molar-refractivity contribution in [3.63, 3.8) is 0 Å². The quantitative estimate of drug-likeness (QED) is 0.700. The Morgan fingerprint density at radius 3 is 2.53 bits per heavy atom. The number of amides is 1. The van der Waals surface area contributed by atoms with E-state index in [0.717, 1.165) is 5.56 Å². The zero-order valence-corrected chi connectivity index (χ0v) is 17.6. The van der Waals surface area contributed by atoms with Gasteiger partial charge in [0.15, 0.2) is 27.4 Å². The smallest absolute Gasteiger partial charge is 0.263 e. The van der Waals surface area contributed by atoms with Crippen LogP contribution < -0.4 is 14.2 Å². The number of hydrogen-bond donors (Lipinski definition) is 0. The third-order valence-corrected chi connectivity index (χ3v) is 7.70. The highest BCUT2D eigenvalue weighted by molar-refractivity contribution is 7.91. The van der Waals surface area contributed by atoms with Gasteiger partial charge in [-0.05, 0) is 37.5 Å². The maximum absolute atomic E-state index is 12.8. The monoisotopic (exact) mass is 431 g/mol. The van der Waals surface area contributed by atoms with E-state index < -0.39 is 21.2 Å². The molecular formula is C22H25NO6S. The van der Waals surface area contributed by atoms with Gasteiger partial charge in [-0.2, -0.15) is 0 Å². The molecule has 0 aromatic heterocycles. The van der Waals surface area contributed by atoms with Crippen molar-refractivity contribution in [3.8, 4) is 17.2 Å². The van der Waals surface area contributed by atoms with Crippen molar-refractivity contribution in [2.45, 2.75) is 36.9 Å². The zero-order valence-electron chi connectivity index (χ0n) is 16.8. The average molecular weight is 432 g/mol. The van der Waals surface area contributed by atoms with Crippen LogP contribution in [0.4, 0.5) is 0 Å². The van der Waals surface area contributed by atoms with Crippen LogP contribution in [0.1, 0.15) is 25.3 Å². The summed E-state index contributed by atoms with van der Waals surface area (Å²) in [5, 5.41) is -0.424. The summed E-state index contributed by atoms with van der Waals surface area (Å²) in [6, 6.07) is 14.4. The van der Waals surface area contributed by atoms with Crippen LogP contribution in [0.2, 0.25) is 0 Å². The van der Waals surface area contributed by atoms with E-state index in [2.05, 4.69) is 0 Å². The minimum absolute atomic E-state index is 0.0378. The van der Waals surface area contributed by atoms with Gasteiger partial charge in [0.25, 0.3) is 5.91 Å². The molecule has 160 valence electrons. The molecule has 7 nitrogen and oxygen atoms in total. The lowest BCUT2D eigenvalue weighted by Crippen LogP contribution is -2.47. The molecule has 8 heteroatoms. The van der Waals surface area contributed by atoms with Crippen molar-refractivity contribution in [2.75, 3.05) is 19.9 Å². The van der Waals surface area contributed by atoms with Crippen LogP contribution >= 0.6 is 0 Å². The van der Waals surface area contributed by atoms with Crippen molar-refractivity contribution in [2.24, 2.45) is 0 Å². The van der Waals surface area contributed by atoms with Crippen LogP contribution in [0.15, 0.2) is 48.5 Å². The largest absolute Gasteiger partial charge is 0.481 e. The summed E-state index contributed by atoms with van der Waals surface area (Å²) < 4.78 is 41.9. The molecule has 4 rings (SSSR count). The first-order chi connectivity index (χ1) is 14.4. The Morgan fingerprint density at radius 2 is 1.80 bits per heavy atom. The van der Waals surface area contributed by atoms with E-state index in [1.807, 2.05) is 30.3 Å². The van der Waals surface area contributed by atoms with Crippen LogP contribution in [0.3, 0.4) is 0 Å². The molecule has 0 bridgehead atoms. The third-order valence-electron chi connectivity index (χ3n) is 5.48. The number of likely N-dealkylation sites (tertiary alicyclic amines) is 1. The standard InChI is InChI=1S/C22H25NO6S/c1-16(29-18-7-8-20-21(13-18)28-15-27-20)22(24)23-11-9-19(10-12-23)30(25,26)14-17-5-3-2-4-6-17/h2-8,13,16,19H,9-12,14-15H2,1H3/t16-/m0/s1. The van der Waals surface area contributed by atoms with Gasteiger partial charge in [-0.3, -0.25) is 4.79 Å². The molecular weight excluding hydrogens is 406 g/mol. The van der Waals surface area contributed by atoms with Gasteiger partial charge in [-0.15, -0.1) is 0 Å². The van der Waals surface area contributed by atoms with Gasteiger partial charge in [0, 0.05) is 19.2 Å². The molecule has 30 heavy (non-hydrogen) atoms. The lowest BCUT2D eigenvalue weighted by molar-refractivity contribution is -0.138. The Kier molecular flexibility index (Phi) is 5.85. The van der Waals surface area contributed by atoms with Crippen LogP contribution in [-0.4, -0.2) is 50.5 Å². The van der Waals surface area contributed by atoms with Crippen LogP contribution in [-0.2, 0) is 20.4 Å². The molecule has 2 aromatic carbocycles. The normalized spacial score (nSPS) is 17.6. The van der Waals surface area contributed by atoms with Crippen LogP contribution in [0, 0.1) is 0 Å². The minimum Gasteiger partial charge on any atom is -0.481 e. The highest BCUT2D eigenvalue weighted by Crippen LogP contribution is 2.35. The van der Waals surface area contributed by atoms with E-state index in [1.165, 1.54) is 0 Å². The summed E-state index contributed by atoms with van der Waals surface area (Å²) in [6.45, 7) is 2.69. The molecule has 0 radical (unpaired) electrons. The van der Waals surface area contributed by atoms with Crippen molar-refractivity contribution in [1.82, 2.24) is 4.90 Å². The lowest BCUT2D eigenvalue weighted by atomic mass is 10.1. The van der Waals surface area contributed by atoms with Gasteiger partial charge in [-0.25, -0.2) is 8.42 Å². The van der Waals surface area contributed by atoms with E-state index in [0.29, 0.717) is 43.2 Å². The summed E-state index contributed by atoms with van der Waals surface area (Å²) in [4.78, 5) is 14.5. The molecule has 0 saturated carbocycles. The fourth-order valence-electron chi connectivity index (χ4n) is 3.82. The van der Waals surface area contributed by atoms with Gasteiger partial charge in [0.05, 0.1) is 11.0 Å². The SMILES string of the molecule is C[C@H](Oc1ccc2c(c1)OCO2)C(=O)N1CCC(S(=O)(=O)Cc2ccccc2)CC1. The second kappa shape index (κ2) is 8.55. The molecule has 0 unspecified atom stereocenters. The number of benzene rings is 2. The maximum atomic E-state index is 12.8. The number of nitrogens with zero attached hydrogens (tertiary/aromatic N) is 1. The first-order valence-corrected chi connectivity index (χ1v) is 11.7. The Bertz CT molecular complexity index is 1000. The molecule has 2 aliphatic heterocycles. The van der Waals surface area contributed by atoms with Gasteiger partial charge in [0.1, 0.15) is 5.75 Å². The topological polar surface area (TPSA) is 82.1 Å². The van der Waals surface area contributed by atoms with Gasteiger partial charge in [-0.1, -0.05) is 30.3 Å². The predicted molar refractivity (Wildman–Crippen MR) is 111 cm³/mol. The summed E-state index contributed by atoms with van der Waals surface area (Å²) >= 11 is 0. The van der Waals surface area contributed by atoms with E-state index in [-0.39, 0.29) is 18.5 Å². The molecule has 0 N–H and O–H groups in total. The van der Waals surface area contributed by atoms with Crippen molar-refractivity contribution < 1.29 is 27.4 Å². The molecule has 1 amide bonds. The second-order valence-electron chi connectivity index (χ2n) is 7.59. The zero-order chi connectivity index (χ0) is 21.1. The van der Waals surface area contributed by atoms with Gasteiger partial charge >= 0.3 is 0 Å². The second-order valence-corrected chi connectivity index (χ2v) is 9.87. The summed E-state index contributed by atoms with van der Waals surface area (Å²) in [5.74, 6) is 1.67. The number of carbonyl (C=O) groups is 1. The molecule has 0 spiro atoms. The van der Waals surface area contributed by atoms with Crippen molar-refractivity contribution in [3.05, 3.63) is 54.1 Å². The number of fused-ring (bicyclic) bond motifs is 1. The lowest BCUT2D eigenvalue weighted by Gasteiger charge is -2.33. The number of piperidine rings is 1. The highest BCUT2D eigenvalue weighted by atomic mass is 32.2. The van der Waals surface area contributed by atoms with Crippen LogP contribution in [0.5, 0.6) is 17.2 Å². The summed E-state index contributed by atoms with van der Waals surface area (Å²) in [6.07, 6.45) is 0.206. The molecule has 2 aromatic rings. The predicted octanol–water partition coefficient (Wildman–Crippen LogP) is 2.79. The maximum Gasteiger partial charge on any atom is 0.263 e. The first kappa shape index (κ1) is 20.5. The van der Waals surface area contributed by atoms with Crippen LogP contribution in [0.25, 0.3) is 0 Å². The van der Waals surface area contributed by atoms with Crippen molar-refractivity contribution >= 4 is 15.7 Å². The summed E-state index contributed by atoms with van der Waals surface area (Å²) in [7, 11) is -3.26. The van der Waals surface area contributed by atoms with E-state index >= 15 is 0 Å². The first-order valence-electron chi connectivity index (χ1n) is 10.0. The summed E-state index contributed by atoms with van der Waals surface area (Å²) in [5.41, 5.74) is 0.793. The molecule has 2 aliphatic rings. The Hall–Kier alpha value is -2.74. The Labute approximate surface area is 176 Å². The molecule has 1 fully saturated rings. The number of ether oxygens (including phenoxy) is 3.